The lowest BCUT2D eigenvalue weighted by Crippen LogP contribution is -2.01. The van der Waals surface area contributed by atoms with Crippen LogP contribution >= 0.6 is 0 Å². The van der Waals surface area contributed by atoms with E-state index in [4.69, 9.17) is 4.42 Å². The summed E-state index contributed by atoms with van der Waals surface area (Å²) < 4.78 is 9.98. The Hall–Kier alpha value is -1.84. The molecule has 1 aromatic carbocycles. The molecule has 0 bridgehead atoms. The van der Waals surface area contributed by atoms with Gasteiger partial charge >= 0.3 is 5.97 Å². The average molecular weight is 205 g/mol. The van der Waals surface area contributed by atoms with Crippen molar-refractivity contribution in [1.29, 1.82) is 0 Å². The predicted molar refractivity (Wildman–Crippen MR) is 54.3 cm³/mol. The van der Waals surface area contributed by atoms with Crippen LogP contribution in [0.3, 0.4) is 0 Å². The normalized spacial score (nSPS) is 10.5. The summed E-state index contributed by atoms with van der Waals surface area (Å²) in [5, 5.41) is 0. The van der Waals surface area contributed by atoms with Crippen LogP contribution in [0.25, 0.3) is 11.1 Å². The number of benzene rings is 1. The summed E-state index contributed by atoms with van der Waals surface area (Å²) in [6.45, 7) is 0. The first-order valence-corrected chi connectivity index (χ1v) is 4.71. The van der Waals surface area contributed by atoms with Gasteiger partial charge in [0.05, 0.1) is 13.5 Å². The number of nitrogens with zero attached hydrogens (tertiary/aromatic N) is 1. The maximum atomic E-state index is 10.9. The molecule has 0 N–H and O–H groups in total. The van der Waals surface area contributed by atoms with Gasteiger partial charge in [-0.2, -0.15) is 0 Å². The van der Waals surface area contributed by atoms with Gasteiger partial charge in [0, 0.05) is 6.42 Å². The lowest BCUT2D eigenvalue weighted by Gasteiger charge is -1.94. The average Bonchev–Trinajstić information content (AvgIpc) is 2.68. The number of methoxy groups -OCH3 is 1. The monoisotopic (exact) mass is 205 g/mol. The van der Waals surface area contributed by atoms with E-state index in [1.54, 1.807) is 0 Å². The summed E-state index contributed by atoms with van der Waals surface area (Å²) in [6.07, 6.45) is 0.769. The van der Waals surface area contributed by atoms with Gasteiger partial charge in [-0.3, -0.25) is 4.79 Å². The van der Waals surface area contributed by atoms with E-state index in [1.807, 2.05) is 24.3 Å². The lowest BCUT2D eigenvalue weighted by molar-refractivity contribution is -0.140. The molecule has 78 valence electrons. The zero-order valence-electron chi connectivity index (χ0n) is 8.40. The maximum Gasteiger partial charge on any atom is 0.306 e. The second kappa shape index (κ2) is 4.13. The number of oxazole rings is 1. The van der Waals surface area contributed by atoms with Crippen molar-refractivity contribution in [3.63, 3.8) is 0 Å². The van der Waals surface area contributed by atoms with E-state index in [0.29, 0.717) is 18.7 Å². The van der Waals surface area contributed by atoms with Gasteiger partial charge in [-0.05, 0) is 12.1 Å². The van der Waals surface area contributed by atoms with E-state index in [2.05, 4.69) is 9.72 Å². The van der Waals surface area contributed by atoms with Crippen molar-refractivity contribution in [2.45, 2.75) is 12.8 Å². The van der Waals surface area contributed by atoms with E-state index < -0.39 is 0 Å². The third-order valence-electron chi connectivity index (χ3n) is 2.11. The van der Waals surface area contributed by atoms with Gasteiger partial charge in [0.25, 0.3) is 0 Å². The smallest absolute Gasteiger partial charge is 0.306 e. The van der Waals surface area contributed by atoms with Crippen LogP contribution in [0.2, 0.25) is 0 Å². The Labute approximate surface area is 86.9 Å². The van der Waals surface area contributed by atoms with Crippen LogP contribution in [0.15, 0.2) is 28.7 Å². The topological polar surface area (TPSA) is 52.3 Å². The molecule has 0 atom stereocenters. The first kappa shape index (κ1) is 9.71. The van der Waals surface area contributed by atoms with Crippen LogP contribution in [0.5, 0.6) is 0 Å². The van der Waals surface area contributed by atoms with E-state index in [9.17, 15) is 4.79 Å². The van der Waals surface area contributed by atoms with Gasteiger partial charge in [0.1, 0.15) is 5.52 Å². The summed E-state index contributed by atoms with van der Waals surface area (Å²) in [4.78, 5) is 15.2. The van der Waals surface area contributed by atoms with Crippen molar-refractivity contribution >= 4 is 17.1 Å². The third kappa shape index (κ3) is 2.15. The summed E-state index contributed by atoms with van der Waals surface area (Å²) in [7, 11) is 1.37. The van der Waals surface area contributed by atoms with Crippen molar-refractivity contribution in [3.8, 4) is 0 Å². The number of fused-ring (bicyclic) bond motifs is 1. The number of esters is 1. The van der Waals surface area contributed by atoms with Crippen LogP contribution < -0.4 is 0 Å². The highest BCUT2D eigenvalue weighted by Crippen LogP contribution is 2.15. The zero-order valence-corrected chi connectivity index (χ0v) is 8.40. The standard InChI is InChI=1S/C11H11NO3/c1-14-11(13)7-6-10-12-8-4-2-3-5-9(8)15-10/h2-5H,6-7H2,1H3. The molecule has 0 aliphatic heterocycles. The van der Waals surface area contributed by atoms with E-state index in [-0.39, 0.29) is 5.97 Å². The van der Waals surface area contributed by atoms with E-state index >= 15 is 0 Å². The summed E-state index contributed by atoms with van der Waals surface area (Å²) in [5.74, 6) is 0.318. The highest BCUT2D eigenvalue weighted by molar-refractivity contribution is 5.72. The molecule has 1 aromatic heterocycles. The van der Waals surface area contributed by atoms with Gasteiger partial charge in [-0.1, -0.05) is 12.1 Å². The van der Waals surface area contributed by atoms with E-state index in [1.165, 1.54) is 7.11 Å². The second-order valence-corrected chi connectivity index (χ2v) is 3.15. The molecule has 0 saturated heterocycles. The number of hydrogen-bond donors (Lipinski definition) is 0. The SMILES string of the molecule is COC(=O)CCc1nc2ccccc2o1. The van der Waals surface area contributed by atoms with Crippen LogP contribution in [0.4, 0.5) is 0 Å². The Bertz CT molecular complexity index is 442. The number of hydrogen-bond acceptors (Lipinski definition) is 4. The molecule has 0 aliphatic rings. The van der Waals surface area contributed by atoms with E-state index in [0.717, 1.165) is 11.1 Å². The molecule has 0 unspecified atom stereocenters. The van der Waals surface area contributed by atoms with Crippen molar-refractivity contribution in [2.75, 3.05) is 7.11 Å². The number of ether oxygens (including phenoxy) is 1. The molecule has 1 heterocycles. The Balaban J connectivity index is 2.12. The first-order chi connectivity index (χ1) is 7.29. The summed E-state index contributed by atoms with van der Waals surface area (Å²) in [5.41, 5.74) is 1.56. The van der Waals surface area contributed by atoms with Crippen LogP contribution in [0.1, 0.15) is 12.3 Å². The zero-order chi connectivity index (χ0) is 10.7. The summed E-state index contributed by atoms with van der Waals surface area (Å²) >= 11 is 0. The molecule has 2 aromatic rings. The fourth-order valence-corrected chi connectivity index (χ4v) is 1.34. The maximum absolute atomic E-state index is 10.9. The fraction of sp³-hybridized carbons (Fsp3) is 0.273. The van der Waals surface area contributed by atoms with Crippen LogP contribution in [-0.2, 0) is 16.0 Å². The molecule has 0 aliphatic carbocycles. The number of aromatic nitrogens is 1. The minimum Gasteiger partial charge on any atom is -0.469 e. The van der Waals surface area contributed by atoms with Crippen molar-refractivity contribution in [1.82, 2.24) is 4.98 Å². The van der Waals surface area contributed by atoms with Gasteiger partial charge in [0.2, 0.25) is 0 Å². The minimum atomic E-state index is -0.253. The second-order valence-electron chi connectivity index (χ2n) is 3.15. The number of aryl methyl sites for hydroxylation is 1. The quantitative estimate of drug-likeness (QED) is 0.718. The van der Waals surface area contributed by atoms with Gasteiger partial charge in [-0.25, -0.2) is 4.98 Å². The molecule has 4 heteroatoms. The molecule has 0 saturated carbocycles. The Morgan fingerprint density at radius 2 is 2.27 bits per heavy atom. The largest absolute Gasteiger partial charge is 0.469 e. The first-order valence-electron chi connectivity index (χ1n) is 4.71. The molecule has 2 rings (SSSR count). The molecular weight excluding hydrogens is 194 g/mol. The molecule has 15 heavy (non-hydrogen) atoms. The Morgan fingerprint density at radius 3 is 3.00 bits per heavy atom. The van der Waals surface area contributed by atoms with Gasteiger partial charge < -0.3 is 9.15 Å². The number of para-hydroxylation sites is 2. The van der Waals surface area contributed by atoms with Crippen molar-refractivity contribution in [3.05, 3.63) is 30.2 Å². The van der Waals surface area contributed by atoms with Crippen LogP contribution in [-0.4, -0.2) is 18.1 Å². The Kier molecular flexibility index (Phi) is 2.67. The Morgan fingerprint density at radius 1 is 1.47 bits per heavy atom. The van der Waals surface area contributed by atoms with Crippen molar-refractivity contribution in [2.24, 2.45) is 0 Å². The van der Waals surface area contributed by atoms with Gasteiger partial charge in [0.15, 0.2) is 11.5 Å². The highest BCUT2D eigenvalue weighted by Gasteiger charge is 2.07. The molecule has 0 radical (unpaired) electrons. The highest BCUT2D eigenvalue weighted by atomic mass is 16.5. The number of rotatable bonds is 3. The minimum absolute atomic E-state index is 0.253. The molecule has 0 spiro atoms. The summed E-state index contributed by atoms with van der Waals surface area (Å²) in [6, 6.07) is 7.51. The lowest BCUT2D eigenvalue weighted by atomic mass is 10.3. The molecular formula is C11H11NO3. The number of carbonyl (C=O) groups excluding carboxylic acids is 1. The van der Waals surface area contributed by atoms with Crippen molar-refractivity contribution < 1.29 is 13.9 Å². The number of carbonyl (C=O) groups is 1. The van der Waals surface area contributed by atoms with Gasteiger partial charge in [-0.15, -0.1) is 0 Å². The molecule has 0 amide bonds. The molecule has 0 fully saturated rings. The third-order valence-corrected chi connectivity index (χ3v) is 2.11. The predicted octanol–water partition coefficient (Wildman–Crippen LogP) is 1.93. The fourth-order valence-electron chi connectivity index (χ4n) is 1.34. The molecule has 4 nitrogen and oxygen atoms in total. The van der Waals surface area contributed by atoms with Crippen LogP contribution in [0, 0.1) is 0 Å².